The molecule has 0 radical (unpaired) electrons. The Labute approximate surface area is 229 Å². The number of aromatic nitrogens is 4. The zero-order valence-electron chi connectivity index (χ0n) is 21.7. The monoisotopic (exact) mass is 562 g/mol. The fraction of sp³-hybridized carbons (Fsp3) is 0.500. The number of nitrogens with one attached hydrogen (secondary N) is 1. The van der Waals surface area contributed by atoms with Crippen LogP contribution in [0.5, 0.6) is 0 Å². The normalized spacial score (nSPS) is 19.9. The molecule has 0 saturated carbocycles. The van der Waals surface area contributed by atoms with E-state index in [9.17, 15) is 9.00 Å². The van der Waals surface area contributed by atoms with E-state index in [1.807, 2.05) is 51.6 Å². The number of rotatable bonds is 4. The van der Waals surface area contributed by atoms with Gasteiger partial charge < -0.3 is 4.90 Å². The summed E-state index contributed by atoms with van der Waals surface area (Å²) in [7, 11) is -1.21. The molecular formula is C26H32Cl2N6O2S. The van der Waals surface area contributed by atoms with Gasteiger partial charge in [-0.2, -0.15) is 5.10 Å². The molecule has 2 aliphatic rings. The van der Waals surface area contributed by atoms with Crippen LogP contribution in [0.15, 0.2) is 35.3 Å². The highest BCUT2D eigenvalue weighted by atomic mass is 35.5. The van der Waals surface area contributed by atoms with E-state index in [4.69, 9.17) is 28.2 Å². The van der Waals surface area contributed by atoms with Crippen molar-refractivity contribution in [2.24, 2.45) is 5.41 Å². The Kier molecular flexibility index (Phi) is 6.80. The Morgan fingerprint density at radius 3 is 2.51 bits per heavy atom. The number of hydrogen-bond acceptors (Lipinski definition) is 5. The number of hydrogen-bond donors (Lipinski definition) is 1. The SMILES string of the molecule is Cc1c(N2CCC3(CC2)Cn2nccc2[C@H]3N[S@@](=O)C(C)(C)C)nc(C)n(-c2cccc(Cl)c2Cl)c1=O. The van der Waals surface area contributed by atoms with Gasteiger partial charge in [0.15, 0.2) is 0 Å². The van der Waals surface area contributed by atoms with Gasteiger partial charge in [0.25, 0.3) is 5.56 Å². The summed E-state index contributed by atoms with van der Waals surface area (Å²) in [5, 5.41) is 5.24. The lowest BCUT2D eigenvalue weighted by molar-refractivity contribution is 0.161. The lowest BCUT2D eigenvalue weighted by atomic mass is 9.73. The minimum atomic E-state index is -1.21. The zero-order valence-corrected chi connectivity index (χ0v) is 24.0. The first-order valence-corrected chi connectivity index (χ1v) is 14.3. The van der Waals surface area contributed by atoms with Crippen molar-refractivity contribution >= 4 is 40.0 Å². The van der Waals surface area contributed by atoms with Gasteiger partial charge in [-0.15, -0.1) is 0 Å². The molecule has 2 atom stereocenters. The second-order valence-corrected chi connectivity index (χ2v) is 13.8. The molecule has 1 saturated heterocycles. The molecule has 37 heavy (non-hydrogen) atoms. The lowest BCUT2D eigenvalue weighted by Gasteiger charge is -2.43. The van der Waals surface area contributed by atoms with Crippen LogP contribution >= 0.6 is 23.2 Å². The maximum atomic E-state index is 13.5. The van der Waals surface area contributed by atoms with E-state index in [2.05, 4.69) is 14.7 Å². The van der Waals surface area contributed by atoms with Crippen molar-refractivity contribution in [3.8, 4) is 5.69 Å². The molecule has 11 heteroatoms. The predicted molar refractivity (Wildman–Crippen MR) is 149 cm³/mol. The van der Waals surface area contributed by atoms with Crippen molar-refractivity contribution in [3.05, 3.63) is 67.9 Å². The second-order valence-electron chi connectivity index (χ2n) is 11.0. The first-order valence-electron chi connectivity index (χ1n) is 12.4. The van der Waals surface area contributed by atoms with Crippen molar-refractivity contribution in [3.63, 3.8) is 0 Å². The van der Waals surface area contributed by atoms with E-state index in [1.165, 1.54) is 4.57 Å². The molecule has 0 unspecified atom stereocenters. The molecule has 5 rings (SSSR count). The van der Waals surface area contributed by atoms with Gasteiger partial charge in [0.1, 0.15) is 11.6 Å². The van der Waals surface area contributed by atoms with Crippen LogP contribution < -0.4 is 15.2 Å². The molecule has 2 aliphatic heterocycles. The molecule has 1 spiro atoms. The standard InChI is InChI=1S/C26H32Cl2N6O2S/c1-16-23(30-17(2)34(24(16)35)19-8-6-7-18(27)21(19)28)32-13-10-26(11-14-32)15-33-20(9-12-29-33)22(26)31-37(36)25(3,4)5/h6-9,12,22,31H,10-11,13-15H2,1-5H3/t22-,37+/m1/s1. The highest BCUT2D eigenvalue weighted by Gasteiger charge is 2.50. The molecular weight excluding hydrogens is 531 g/mol. The third-order valence-corrected chi connectivity index (χ3v) is 9.96. The minimum absolute atomic E-state index is 0.0500. The number of nitrogens with zero attached hydrogens (tertiary/aromatic N) is 5. The Hall–Kier alpha value is -2.20. The Morgan fingerprint density at radius 1 is 1.14 bits per heavy atom. The Bertz CT molecular complexity index is 1440. The number of aryl methyl sites for hydroxylation is 1. The summed E-state index contributed by atoms with van der Waals surface area (Å²) in [6.07, 6.45) is 3.53. The fourth-order valence-corrected chi connectivity index (χ4v) is 6.78. The molecule has 0 bridgehead atoms. The number of piperidine rings is 1. The quantitative estimate of drug-likeness (QED) is 0.496. The average Bonchev–Trinajstić information content (AvgIpc) is 3.39. The maximum absolute atomic E-state index is 13.5. The van der Waals surface area contributed by atoms with Crippen LogP contribution in [0.2, 0.25) is 10.0 Å². The van der Waals surface area contributed by atoms with Crippen LogP contribution in [0.4, 0.5) is 5.82 Å². The number of anilines is 1. The van der Waals surface area contributed by atoms with E-state index in [0.29, 0.717) is 32.9 Å². The number of halogens is 2. The first kappa shape index (κ1) is 26.4. The van der Waals surface area contributed by atoms with Crippen LogP contribution in [0, 0.1) is 19.3 Å². The minimum Gasteiger partial charge on any atom is -0.356 e. The molecule has 8 nitrogen and oxygen atoms in total. The molecule has 0 amide bonds. The molecule has 0 aliphatic carbocycles. The summed E-state index contributed by atoms with van der Waals surface area (Å²) in [6, 6.07) is 7.21. The fourth-order valence-electron chi connectivity index (χ4n) is 5.46. The van der Waals surface area contributed by atoms with Gasteiger partial charge in [0.2, 0.25) is 0 Å². The largest absolute Gasteiger partial charge is 0.356 e. The van der Waals surface area contributed by atoms with Crippen LogP contribution in [0.3, 0.4) is 0 Å². The van der Waals surface area contributed by atoms with Crippen molar-refractivity contribution in [1.82, 2.24) is 24.1 Å². The summed E-state index contributed by atoms with van der Waals surface area (Å²) in [6.45, 7) is 11.8. The van der Waals surface area contributed by atoms with Crippen molar-refractivity contribution in [2.75, 3.05) is 18.0 Å². The summed E-state index contributed by atoms with van der Waals surface area (Å²) in [4.78, 5) is 20.5. The molecule has 1 N–H and O–H groups in total. The van der Waals surface area contributed by atoms with E-state index >= 15 is 0 Å². The predicted octanol–water partition coefficient (Wildman–Crippen LogP) is 4.75. The summed E-state index contributed by atoms with van der Waals surface area (Å²) in [5.41, 5.74) is 1.91. The molecule has 1 aromatic carbocycles. The third kappa shape index (κ3) is 4.54. The smallest absolute Gasteiger partial charge is 0.263 e. The van der Waals surface area contributed by atoms with Gasteiger partial charge in [-0.3, -0.25) is 14.0 Å². The Morgan fingerprint density at radius 2 is 1.84 bits per heavy atom. The van der Waals surface area contributed by atoms with Gasteiger partial charge in [-0.25, -0.2) is 13.9 Å². The van der Waals surface area contributed by atoms with Gasteiger partial charge in [-0.1, -0.05) is 29.3 Å². The van der Waals surface area contributed by atoms with E-state index in [1.54, 1.807) is 18.2 Å². The van der Waals surface area contributed by atoms with Crippen LogP contribution in [0.1, 0.15) is 56.7 Å². The van der Waals surface area contributed by atoms with Crippen molar-refractivity contribution < 1.29 is 4.21 Å². The summed E-state index contributed by atoms with van der Waals surface area (Å²) >= 11 is 12.6. The molecule has 198 valence electrons. The van der Waals surface area contributed by atoms with Gasteiger partial charge in [0, 0.05) is 31.2 Å². The highest BCUT2D eigenvalue weighted by molar-refractivity contribution is 7.84. The lowest BCUT2D eigenvalue weighted by Crippen LogP contribution is -2.48. The zero-order chi connectivity index (χ0) is 26.7. The number of benzene rings is 1. The molecule has 2 aromatic heterocycles. The molecule has 1 fully saturated rings. The van der Waals surface area contributed by atoms with E-state index in [-0.39, 0.29) is 21.8 Å². The Balaban J connectivity index is 1.42. The van der Waals surface area contributed by atoms with Crippen LogP contribution in [-0.4, -0.2) is 41.4 Å². The number of fused-ring (bicyclic) bond motifs is 1. The maximum Gasteiger partial charge on any atom is 0.263 e. The topological polar surface area (TPSA) is 85.1 Å². The third-order valence-electron chi connectivity index (χ3n) is 7.58. The van der Waals surface area contributed by atoms with Gasteiger partial charge >= 0.3 is 0 Å². The second kappa shape index (κ2) is 9.52. The van der Waals surface area contributed by atoms with Gasteiger partial charge in [-0.05, 0) is 65.7 Å². The van der Waals surface area contributed by atoms with Crippen LogP contribution in [-0.2, 0) is 17.5 Å². The van der Waals surface area contributed by atoms with E-state index in [0.717, 1.165) is 38.2 Å². The first-order chi connectivity index (χ1) is 17.4. The van der Waals surface area contributed by atoms with E-state index < -0.39 is 11.0 Å². The summed E-state index contributed by atoms with van der Waals surface area (Å²) in [5.74, 6) is 1.25. The van der Waals surface area contributed by atoms with Crippen LogP contribution in [0.25, 0.3) is 5.69 Å². The summed E-state index contributed by atoms with van der Waals surface area (Å²) < 4.78 is 19.7. The van der Waals surface area contributed by atoms with Crippen molar-refractivity contribution in [1.29, 1.82) is 0 Å². The van der Waals surface area contributed by atoms with Gasteiger partial charge in [0.05, 0.1) is 48.8 Å². The highest BCUT2D eigenvalue weighted by Crippen LogP contribution is 2.49. The van der Waals surface area contributed by atoms with Crippen molar-refractivity contribution in [2.45, 2.75) is 64.8 Å². The molecule has 4 heterocycles. The molecule has 3 aromatic rings. The average molecular weight is 564 g/mol.